The fourth-order valence-corrected chi connectivity index (χ4v) is 3.19. The third-order valence-corrected chi connectivity index (χ3v) is 4.88. The summed E-state index contributed by atoms with van der Waals surface area (Å²) in [7, 11) is 2.80. The van der Waals surface area contributed by atoms with Gasteiger partial charge in [0.05, 0.1) is 44.2 Å². The summed E-state index contributed by atoms with van der Waals surface area (Å²) in [6, 6.07) is 16.5. The molecule has 0 aliphatic rings. The second kappa shape index (κ2) is 11.9. The van der Waals surface area contributed by atoms with E-state index in [1.165, 1.54) is 43.6 Å². The van der Waals surface area contributed by atoms with Gasteiger partial charge < -0.3 is 28.8 Å². The van der Waals surface area contributed by atoms with E-state index in [-0.39, 0.29) is 41.5 Å². The molecule has 3 rings (SSSR count). The lowest BCUT2D eigenvalue weighted by Gasteiger charge is -2.22. The Hall–Kier alpha value is -4.78. The molecule has 0 saturated heterocycles. The van der Waals surface area contributed by atoms with Crippen molar-refractivity contribution in [2.45, 2.75) is 6.42 Å². The van der Waals surface area contributed by atoms with E-state index in [9.17, 15) is 14.4 Å². The van der Waals surface area contributed by atoms with Crippen LogP contribution < -0.4 is 19.7 Å². The standard InChI is InChI=1S/C25H23N3O7/c1-32-21-14-18(19(15-22(21)33-2)27-24(30)20-10-6-13-34-20)25(31)35-16-23(29)28(12-7-11-26)17-8-4-3-5-9-17/h3-6,8-10,13-15H,7,12,16H2,1-2H3,(H,27,30). The van der Waals surface area contributed by atoms with Crippen molar-refractivity contribution in [3.8, 4) is 17.6 Å². The van der Waals surface area contributed by atoms with Crippen molar-refractivity contribution in [3.05, 3.63) is 72.2 Å². The number of carbonyl (C=O) groups excluding carboxylic acids is 3. The smallest absolute Gasteiger partial charge is 0.340 e. The van der Waals surface area contributed by atoms with Gasteiger partial charge in [0.2, 0.25) is 0 Å². The molecule has 0 saturated carbocycles. The number of nitriles is 1. The minimum absolute atomic E-state index is 0.0327. The van der Waals surface area contributed by atoms with E-state index in [1.807, 2.05) is 6.07 Å². The lowest BCUT2D eigenvalue weighted by atomic mass is 10.1. The molecule has 35 heavy (non-hydrogen) atoms. The van der Waals surface area contributed by atoms with Crippen LogP contribution in [0.4, 0.5) is 11.4 Å². The third-order valence-electron chi connectivity index (χ3n) is 4.88. The van der Waals surface area contributed by atoms with Crippen LogP contribution in [-0.2, 0) is 9.53 Å². The molecular weight excluding hydrogens is 454 g/mol. The van der Waals surface area contributed by atoms with Crippen molar-refractivity contribution >= 4 is 29.2 Å². The van der Waals surface area contributed by atoms with Crippen LogP contribution in [0, 0.1) is 11.3 Å². The highest BCUT2D eigenvalue weighted by Gasteiger charge is 2.23. The van der Waals surface area contributed by atoms with E-state index in [1.54, 1.807) is 36.4 Å². The molecule has 2 aromatic carbocycles. The molecule has 3 aromatic rings. The number of hydrogen-bond donors (Lipinski definition) is 1. The van der Waals surface area contributed by atoms with Gasteiger partial charge in [0, 0.05) is 24.4 Å². The molecule has 1 heterocycles. The molecule has 0 atom stereocenters. The Morgan fingerprint density at radius 1 is 1.03 bits per heavy atom. The van der Waals surface area contributed by atoms with E-state index >= 15 is 0 Å². The fraction of sp³-hybridized carbons (Fsp3) is 0.200. The summed E-state index contributed by atoms with van der Waals surface area (Å²) in [6.45, 7) is -0.448. The molecule has 0 unspecified atom stereocenters. The predicted octanol–water partition coefficient (Wildman–Crippen LogP) is 3.65. The van der Waals surface area contributed by atoms with Gasteiger partial charge in [-0.2, -0.15) is 5.26 Å². The van der Waals surface area contributed by atoms with Crippen LogP contribution in [-0.4, -0.2) is 45.2 Å². The van der Waals surface area contributed by atoms with Crippen LogP contribution in [0.1, 0.15) is 27.3 Å². The third kappa shape index (κ3) is 6.17. The predicted molar refractivity (Wildman–Crippen MR) is 126 cm³/mol. The highest BCUT2D eigenvalue weighted by Crippen LogP contribution is 2.34. The number of amides is 2. The van der Waals surface area contributed by atoms with Gasteiger partial charge in [-0.25, -0.2) is 4.79 Å². The first kappa shape index (κ1) is 24.9. The molecule has 0 bridgehead atoms. The average Bonchev–Trinajstić information content (AvgIpc) is 3.43. The topological polar surface area (TPSA) is 131 Å². The molecule has 0 spiro atoms. The van der Waals surface area contributed by atoms with Crippen molar-refractivity contribution < 1.29 is 33.0 Å². The zero-order valence-corrected chi connectivity index (χ0v) is 19.1. The molecule has 0 fully saturated rings. The summed E-state index contributed by atoms with van der Waals surface area (Å²) in [6.07, 6.45) is 1.45. The highest BCUT2D eigenvalue weighted by atomic mass is 16.5. The molecular formula is C25H23N3O7. The summed E-state index contributed by atoms with van der Waals surface area (Å²) < 4.78 is 20.9. The van der Waals surface area contributed by atoms with E-state index in [0.29, 0.717) is 5.69 Å². The Morgan fingerprint density at radius 3 is 2.37 bits per heavy atom. The maximum absolute atomic E-state index is 13.0. The van der Waals surface area contributed by atoms with Gasteiger partial charge in [-0.05, 0) is 24.3 Å². The normalized spacial score (nSPS) is 10.1. The molecule has 180 valence electrons. The molecule has 0 aliphatic carbocycles. The van der Waals surface area contributed by atoms with E-state index in [0.717, 1.165) is 0 Å². The maximum atomic E-state index is 13.0. The summed E-state index contributed by atoms with van der Waals surface area (Å²) in [4.78, 5) is 39.7. The first-order chi connectivity index (χ1) is 17.0. The number of benzene rings is 2. The molecule has 0 radical (unpaired) electrons. The fourth-order valence-electron chi connectivity index (χ4n) is 3.19. The number of nitrogens with one attached hydrogen (secondary N) is 1. The quantitative estimate of drug-likeness (QED) is 0.438. The van der Waals surface area contributed by atoms with Crippen LogP contribution >= 0.6 is 0 Å². The number of ether oxygens (including phenoxy) is 3. The summed E-state index contributed by atoms with van der Waals surface area (Å²) >= 11 is 0. The summed E-state index contributed by atoms with van der Waals surface area (Å²) in [5, 5.41) is 11.5. The largest absolute Gasteiger partial charge is 0.493 e. The zero-order valence-electron chi connectivity index (χ0n) is 19.1. The highest BCUT2D eigenvalue weighted by molar-refractivity contribution is 6.07. The van der Waals surface area contributed by atoms with Gasteiger partial charge in [-0.15, -0.1) is 0 Å². The van der Waals surface area contributed by atoms with Crippen LogP contribution in [0.5, 0.6) is 11.5 Å². The minimum atomic E-state index is -0.873. The number of nitrogens with zero attached hydrogens (tertiary/aromatic N) is 2. The van der Waals surface area contributed by atoms with Crippen molar-refractivity contribution in [1.29, 1.82) is 5.26 Å². The Balaban J connectivity index is 1.82. The Bertz CT molecular complexity index is 1220. The van der Waals surface area contributed by atoms with Crippen molar-refractivity contribution in [2.75, 3.05) is 37.6 Å². The molecule has 1 aromatic heterocycles. The van der Waals surface area contributed by atoms with E-state index in [4.69, 9.17) is 23.9 Å². The van der Waals surface area contributed by atoms with Crippen LogP contribution in [0.2, 0.25) is 0 Å². The van der Waals surface area contributed by atoms with E-state index < -0.39 is 24.4 Å². The van der Waals surface area contributed by atoms with Crippen molar-refractivity contribution in [1.82, 2.24) is 0 Å². The van der Waals surface area contributed by atoms with Gasteiger partial charge in [-0.3, -0.25) is 9.59 Å². The number of para-hydroxylation sites is 1. The molecule has 10 heteroatoms. The first-order valence-electron chi connectivity index (χ1n) is 10.5. The van der Waals surface area contributed by atoms with E-state index in [2.05, 4.69) is 5.32 Å². The number of methoxy groups -OCH3 is 2. The monoisotopic (exact) mass is 477 g/mol. The molecule has 10 nitrogen and oxygen atoms in total. The van der Waals surface area contributed by atoms with Crippen LogP contribution in [0.3, 0.4) is 0 Å². The molecule has 1 N–H and O–H groups in total. The number of esters is 1. The Morgan fingerprint density at radius 2 is 1.74 bits per heavy atom. The van der Waals surface area contributed by atoms with Gasteiger partial charge in [-0.1, -0.05) is 18.2 Å². The number of carbonyl (C=O) groups is 3. The minimum Gasteiger partial charge on any atom is -0.493 e. The lowest BCUT2D eigenvalue weighted by molar-refractivity contribution is -0.121. The number of anilines is 2. The molecule has 2 amide bonds. The van der Waals surface area contributed by atoms with Crippen molar-refractivity contribution in [2.24, 2.45) is 0 Å². The SMILES string of the molecule is COc1cc(NC(=O)c2ccco2)c(C(=O)OCC(=O)N(CCC#N)c2ccccc2)cc1OC. The zero-order chi connectivity index (χ0) is 25.2. The van der Waals surface area contributed by atoms with Crippen LogP contribution in [0.25, 0.3) is 0 Å². The number of hydrogen-bond acceptors (Lipinski definition) is 8. The van der Waals surface area contributed by atoms with Crippen molar-refractivity contribution in [3.63, 3.8) is 0 Å². The Kier molecular flexibility index (Phi) is 8.45. The number of rotatable bonds is 10. The maximum Gasteiger partial charge on any atom is 0.340 e. The number of furan rings is 1. The van der Waals surface area contributed by atoms with Gasteiger partial charge in [0.1, 0.15) is 0 Å². The van der Waals surface area contributed by atoms with Gasteiger partial charge >= 0.3 is 5.97 Å². The summed E-state index contributed by atoms with van der Waals surface area (Å²) in [5.41, 5.74) is 0.589. The average molecular weight is 477 g/mol. The second-order valence-electron chi connectivity index (χ2n) is 7.05. The second-order valence-corrected chi connectivity index (χ2v) is 7.05. The molecule has 0 aliphatic heterocycles. The van der Waals surface area contributed by atoms with Gasteiger partial charge in [0.25, 0.3) is 11.8 Å². The van der Waals surface area contributed by atoms with Gasteiger partial charge in [0.15, 0.2) is 23.9 Å². The Labute approximate surface area is 201 Å². The van der Waals surface area contributed by atoms with Crippen LogP contribution in [0.15, 0.2) is 65.3 Å². The lowest BCUT2D eigenvalue weighted by Crippen LogP contribution is -2.35. The first-order valence-corrected chi connectivity index (χ1v) is 10.5. The summed E-state index contributed by atoms with van der Waals surface area (Å²) in [5.74, 6) is -1.46.